The molecule has 4 aromatic carbocycles. The van der Waals surface area contributed by atoms with Crippen LogP contribution in [-0.2, 0) is 21.7 Å². The van der Waals surface area contributed by atoms with Crippen molar-refractivity contribution >= 4 is 5.91 Å². The zero-order valence-corrected chi connectivity index (χ0v) is 19.5. The Bertz CT molecular complexity index is 1250. The summed E-state index contributed by atoms with van der Waals surface area (Å²) < 4.78 is 7.10. The maximum absolute atomic E-state index is 12.9. The fourth-order valence-corrected chi connectivity index (χ4v) is 5.63. The highest BCUT2D eigenvalue weighted by molar-refractivity contribution is 5.89. The predicted molar refractivity (Wildman–Crippen MR) is 138 cm³/mol. The first-order chi connectivity index (χ1) is 17.3. The minimum absolute atomic E-state index is 0.0501. The third kappa shape index (κ3) is 3.69. The topological polar surface area (TPSA) is 29.5 Å². The monoisotopic (exact) mass is 457 g/mol. The van der Waals surface area contributed by atoms with Gasteiger partial charge in [0.2, 0.25) is 5.91 Å². The Morgan fingerprint density at radius 2 is 1.23 bits per heavy atom. The molecule has 2 aliphatic heterocycles. The van der Waals surface area contributed by atoms with Gasteiger partial charge in [0.25, 0.3) is 0 Å². The van der Waals surface area contributed by atoms with E-state index in [1.54, 1.807) is 6.08 Å². The number of ether oxygens (including phenoxy) is 1. The Hall–Kier alpha value is -3.95. The van der Waals surface area contributed by atoms with Crippen molar-refractivity contribution in [1.29, 1.82) is 0 Å². The SMILES string of the molecule is O=C1C=C[C@H]2c3ccccc3CN1[C@H]2COC(c1ccccc1)(c1ccccc1)c1ccccc1. The van der Waals surface area contributed by atoms with Crippen LogP contribution in [0.2, 0.25) is 0 Å². The van der Waals surface area contributed by atoms with Gasteiger partial charge >= 0.3 is 0 Å². The number of fused-ring (bicyclic) bond motifs is 4. The van der Waals surface area contributed by atoms with Crippen molar-refractivity contribution in [3.8, 4) is 0 Å². The van der Waals surface area contributed by atoms with Crippen LogP contribution in [0.25, 0.3) is 0 Å². The smallest absolute Gasteiger partial charge is 0.246 e. The van der Waals surface area contributed by atoms with Crippen LogP contribution in [-0.4, -0.2) is 23.5 Å². The highest BCUT2D eigenvalue weighted by atomic mass is 16.5. The molecule has 0 N–H and O–H groups in total. The van der Waals surface area contributed by atoms with Crippen molar-refractivity contribution in [2.75, 3.05) is 6.61 Å². The van der Waals surface area contributed by atoms with Gasteiger partial charge in [-0.3, -0.25) is 4.79 Å². The lowest BCUT2D eigenvalue weighted by molar-refractivity contribution is -0.134. The van der Waals surface area contributed by atoms with E-state index in [0.717, 1.165) is 16.7 Å². The molecule has 0 aromatic heterocycles. The second kappa shape index (κ2) is 9.01. The van der Waals surface area contributed by atoms with Gasteiger partial charge in [0.15, 0.2) is 0 Å². The van der Waals surface area contributed by atoms with E-state index in [9.17, 15) is 4.79 Å². The summed E-state index contributed by atoms with van der Waals surface area (Å²) in [7, 11) is 0. The van der Waals surface area contributed by atoms with Gasteiger partial charge < -0.3 is 9.64 Å². The summed E-state index contributed by atoms with van der Waals surface area (Å²) in [4.78, 5) is 14.9. The summed E-state index contributed by atoms with van der Waals surface area (Å²) >= 11 is 0. The molecule has 3 nitrogen and oxygen atoms in total. The molecule has 2 heterocycles. The number of benzene rings is 4. The largest absolute Gasteiger partial charge is 0.359 e. The molecule has 0 radical (unpaired) electrons. The van der Waals surface area contributed by atoms with Crippen LogP contribution < -0.4 is 0 Å². The van der Waals surface area contributed by atoms with Crippen molar-refractivity contribution in [3.05, 3.63) is 155 Å². The molecule has 6 rings (SSSR count). The van der Waals surface area contributed by atoms with Crippen LogP contribution in [0.15, 0.2) is 127 Å². The number of hydrogen-bond donors (Lipinski definition) is 0. The van der Waals surface area contributed by atoms with Crippen molar-refractivity contribution < 1.29 is 9.53 Å². The van der Waals surface area contributed by atoms with Gasteiger partial charge in [-0.25, -0.2) is 0 Å². The van der Waals surface area contributed by atoms with Gasteiger partial charge in [0.05, 0.1) is 12.6 Å². The Balaban J connectivity index is 1.46. The molecule has 35 heavy (non-hydrogen) atoms. The van der Waals surface area contributed by atoms with Gasteiger partial charge in [0.1, 0.15) is 5.60 Å². The second-order valence-corrected chi connectivity index (χ2v) is 9.21. The molecular weight excluding hydrogens is 430 g/mol. The summed E-state index contributed by atoms with van der Waals surface area (Å²) in [6.45, 7) is 1.02. The first-order valence-corrected chi connectivity index (χ1v) is 12.1. The highest BCUT2D eigenvalue weighted by Gasteiger charge is 2.43. The molecule has 4 aromatic rings. The van der Waals surface area contributed by atoms with E-state index in [1.807, 2.05) is 29.2 Å². The fourth-order valence-electron chi connectivity index (χ4n) is 5.63. The van der Waals surface area contributed by atoms with Crippen LogP contribution in [0.4, 0.5) is 0 Å². The summed E-state index contributed by atoms with van der Waals surface area (Å²) in [5, 5.41) is 0. The van der Waals surface area contributed by atoms with Crippen LogP contribution in [0.1, 0.15) is 33.7 Å². The minimum Gasteiger partial charge on any atom is -0.359 e. The molecule has 0 unspecified atom stereocenters. The minimum atomic E-state index is -0.803. The lowest BCUT2D eigenvalue weighted by atomic mass is 9.79. The molecule has 0 saturated heterocycles. The van der Waals surface area contributed by atoms with E-state index < -0.39 is 5.60 Å². The Morgan fingerprint density at radius 3 is 1.80 bits per heavy atom. The Morgan fingerprint density at radius 1 is 0.714 bits per heavy atom. The number of hydrogen-bond acceptors (Lipinski definition) is 2. The van der Waals surface area contributed by atoms with Crippen LogP contribution in [0.3, 0.4) is 0 Å². The molecule has 2 aliphatic rings. The third-order valence-corrected chi connectivity index (χ3v) is 7.31. The Kier molecular flexibility index (Phi) is 5.55. The molecule has 2 atom stereocenters. The van der Waals surface area contributed by atoms with E-state index in [1.165, 1.54) is 11.1 Å². The predicted octanol–water partition coefficient (Wildman–Crippen LogP) is 6.06. The zero-order valence-electron chi connectivity index (χ0n) is 19.5. The van der Waals surface area contributed by atoms with Crippen molar-refractivity contribution in [2.24, 2.45) is 0 Å². The molecule has 3 heteroatoms. The van der Waals surface area contributed by atoms with Crippen molar-refractivity contribution in [3.63, 3.8) is 0 Å². The lowest BCUT2D eigenvalue weighted by Gasteiger charge is -2.45. The van der Waals surface area contributed by atoms with E-state index in [2.05, 4.69) is 97.1 Å². The van der Waals surface area contributed by atoms with Crippen LogP contribution >= 0.6 is 0 Å². The molecule has 1 amide bonds. The van der Waals surface area contributed by atoms with Gasteiger partial charge in [-0.2, -0.15) is 0 Å². The molecule has 0 spiro atoms. The highest BCUT2D eigenvalue weighted by Crippen LogP contribution is 2.43. The second-order valence-electron chi connectivity index (χ2n) is 9.21. The first kappa shape index (κ1) is 21.6. The van der Waals surface area contributed by atoms with E-state index in [4.69, 9.17) is 4.74 Å². The molecule has 172 valence electrons. The normalized spacial score (nSPS) is 18.9. The van der Waals surface area contributed by atoms with Gasteiger partial charge in [0, 0.05) is 12.5 Å². The lowest BCUT2D eigenvalue weighted by Crippen LogP contribution is -2.51. The van der Waals surface area contributed by atoms with Crippen molar-refractivity contribution in [2.45, 2.75) is 24.1 Å². The molecule has 2 bridgehead atoms. The standard InChI is InChI=1S/C32H27NO2/c34-31-21-20-29-28-19-11-10-12-24(28)22-33(31)30(29)23-35-32(25-13-4-1-5-14-25,26-15-6-2-7-16-26)27-17-8-3-9-18-27/h1-21,29-30H,22-23H2/t29-,30-/m0/s1. The van der Waals surface area contributed by atoms with Crippen LogP contribution in [0, 0.1) is 0 Å². The molecule has 0 fully saturated rings. The molecular formula is C32H27NO2. The molecule has 0 aliphatic carbocycles. The van der Waals surface area contributed by atoms with Crippen LogP contribution in [0.5, 0.6) is 0 Å². The van der Waals surface area contributed by atoms with E-state index in [-0.39, 0.29) is 17.9 Å². The summed E-state index contributed by atoms with van der Waals surface area (Å²) in [6, 6.07) is 39.6. The number of nitrogens with zero attached hydrogens (tertiary/aromatic N) is 1. The summed E-state index contributed by atoms with van der Waals surface area (Å²) in [5.41, 5.74) is 4.89. The van der Waals surface area contributed by atoms with Gasteiger partial charge in [-0.05, 0) is 33.9 Å². The maximum atomic E-state index is 12.9. The number of carbonyl (C=O) groups excluding carboxylic acids is 1. The number of carbonyl (C=O) groups is 1. The van der Waals surface area contributed by atoms with Gasteiger partial charge in [-0.15, -0.1) is 0 Å². The average Bonchev–Trinajstić information content (AvgIpc) is 2.93. The maximum Gasteiger partial charge on any atom is 0.246 e. The fraction of sp³-hybridized carbons (Fsp3) is 0.156. The quantitative estimate of drug-likeness (QED) is 0.330. The van der Waals surface area contributed by atoms with Crippen molar-refractivity contribution in [1.82, 2.24) is 4.90 Å². The number of amides is 1. The summed E-state index contributed by atoms with van der Waals surface area (Å²) in [6.07, 6.45) is 3.77. The molecule has 0 saturated carbocycles. The zero-order chi connectivity index (χ0) is 23.7. The van der Waals surface area contributed by atoms with E-state index >= 15 is 0 Å². The summed E-state index contributed by atoms with van der Waals surface area (Å²) in [5.74, 6) is 0.159. The number of rotatable bonds is 6. The third-order valence-electron chi connectivity index (χ3n) is 7.31. The Labute approximate surface area is 206 Å². The average molecular weight is 458 g/mol. The van der Waals surface area contributed by atoms with Gasteiger partial charge in [-0.1, -0.05) is 121 Å². The first-order valence-electron chi connectivity index (χ1n) is 12.1. The van der Waals surface area contributed by atoms with E-state index in [0.29, 0.717) is 13.2 Å².